The van der Waals surface area contributed by atoms with Gasteiger partial charge in [0.2, 0.25) is 0 Å². The lowest BCUT2D eigenvalue weighted by atomic mass is 10.0. The van der Waals surface area contributed by atoms with E-state index in [1.165, 1.54) is 0 Å². The summed E-state index contributed by atoms with van der Waals surface area (Å²) >= 11 is 6.09. The zero-order chi connectivity index (χ0) is 12.3. The minimum Gasteiger partial charge on any atom is -0.319 e. The van der Waals surface area contributed by atoms with Crippen molar-refractivity contribution in [3.63, 3.8) is 0 Å². The number of halogens is 1. The van der Waals surface area contributed by atoms with E-state index in [9.17, 15) is 4.79 Å². The molecule has 0 aliphatic rings. The van der Waals surface area contributed by atoms with Gasteiger partial charge in [-0.25, -0.2) is 0 Å². The highest BCUT2D eigenvalue weighted by atomic mass is 35.5. The van der Waals surface area contributed by atoms with Crippen molar-refractivity contribution in [2.24, 2.45) is 13.0 Å². The van der Waals surface area contributed by atoms with Crippen LogP contribution in [0, 0.1) is 12.8 Å². The van der Waals surface area contributed by atoms with Crippen LogP contribution >= 0.6 is 11.6 Å². The second kappa shape index (κ2) is 5.46. The summed E-state index contributed by atoms with van der Waals surface area (Å²) < 4.78 is 1.68. The molecule has 0 radical (unpaired) electrons. The predicted molar refractivity (Wildman–Crippen MR) is 64.8 cm³/mol. The molecule has 1 aromatic rings. The number of carbonyl (C=O) groups is 1. The molecule has 1 N–H and O–H groups in total. The van der Waals surface area contributed by atoms with Crippen LogP contribution in [-0.2, 0) is 18.3 Å². The van der Waals surface area contributed by atoms with Crippen LogP contribution in [0.15, 0.2) is 0 Å². The van der Waals surface area contributed by atoms with Gasteiger partial charge < -0.3 is 5.32 Å². The fourth-order valence-corrected chi connectivity index (χ4v) is 1.86. The third-order valence-electron chi connectivity index (χ3n) is 2.66. The molecular formula is C11H18ClN3O. The maximum Gasteiger partial charge on any atom is 0.142 e. The quantitative estimate of drug-likeness (QED) is 0.849. The second-order valence-electron chi connectivity index (χ2n) is 4.07. The van der Waals surface area contributed by atoms with E-state index >= 15 is 0 Å². The van der Waals surface area contributed by atoms with Crippen molar-refractivity contribution in [2.75, 3.05) is 13.6 Å². The Morgan fingerprint density at radius 3 is 2.69 bits per heavy atom. The molecule has 90 valence electrons. The van der Waals surface area contributed by atoms with Gasteiger partial charge in [0.1, 0.15) is 5.78 Å². The van der Waals surface area contributed by atoms with Gasteiger partial charge >= 0.3 is 0 Å². The molecule has 0 saturated heterocycles. The zero-order valence-electron chi connectivity index (χ0n) is 10.2. The van der Waals surface area contributed by atoms with Gasteiger partial charge in [-0.15, -0.1) is 0 Å². The Kier molecular flexibility index (Phi) is 4.50. The fraction of sp³-hybridized carbons (Fsp3) is 0.636. The molecule has 5 heteroatoms. The van der Waals surface area contributed by atoms with Gasteiger partial charge in [-0.1, -0.05) is 18.5 Å². The Hall–Kier alpha value is -0.870. The first kappa shape index (κ1) is 13.2. The van der Waals surface area contributed by atoms with Crippen molar-refractivity contribution in [1.29, 1.82) is 0 Å². The van der Waals surface area contributed by atoms with Crippen LogP contribution < -0.4 is 5.32 Å². The number of nitrogens with zero attached hydrogens (tertiary/aromatic N) is 2. The van der Waals surface area contributed by atoms with Gasteiger partial charge in [-0.3, -0.25) is 9.48 Å². The lowest BCUT2D eigenvalue weighted by molar-refractivity contribution is -0.121. The van der Waals surface area contributed by atoms with Gasteiger partial charge in [0, 0.05) is 19.5 Å². The van der Waals surface area contributed by atoms with Gasteiger partial charge in [-0.05, 0) is 14.0 Å². The summed E-state index contributed by atoms with van der Waals surface area (Å²) in [5.74, 6) is 0.176. The molecule has 0 fully saturated rings. The summed E-state index contributed by atoms with van der Waals surface area (Å²) in [6, 6.07) is 0. The molecule has 1 aromatic heterocycles. The number of carbonyl (C=O) groups excluding carboxylic acids is 1. The van der Waals surface area contributed by atoms with E-state index in [1.807, 2.05) is 27.9 Å². The smallest absolute Gasteiger partial charge is 0.142 e. The van der Waals surface area contributed by atoms with E-state index in [1.54, 1.807) is 4.68 Å². The molecule has 0 bridgehead atoms. The monoisotopic (exact) mass is 243 g/mol. The molecule has 1 unspecified atom stereocenters. The molecule has 0 aliphatic heterocycles. The second-order valence-corrected chi connectivity index (χ2v) is 4.45. The maximum atomic E-state index is 11.9. The van der Waals surface area contributed by atoms with E-state index in [0.717, 1.165) is 11.4 Å². The molecule has 4 nitrogen and oxygen atoms in total. The van der Waals surface area contributed by atoms with Crippen molar-refractivity contribution in [3.8, 4) is 0 Å². The Balaban J connectivity index is 2.77. The van der Waals surface area contributed by atoms with Crippen molar-refractivity contribution < 1.29 is 4.79 Å². The van der Waals surface area contributed by atoms with Crippen LogP contribution in [0.2, 0.25) is 5.02 Å². The first-order chi connectivity index (χ1) is 7.47. The van der Waals surface area contributed by atoms with Crippen molar-refractivity contribution in [2.45, 2.75) is 20.3 Å². The summed E-state index contributed by atoms with van der Waals surface area (Å²) in [7, 11) is 3.65. The summed E-state index contributed by atoms with van der Waals surface area (Å²) in [4.78, 5) is 11.9. The van der Waals surface area contributed by atoms with E-state index in [-0.39, 0.29) is 11.7 Å². The molecule has 1 atom stereocenters. The third-order valence-corrected chi connectivity index (χ3v) is 3.15. The Morgan fingerprint density at radius 2 is 2.25 bits per heavy atom. The molecule has 0 amide bonds. The lowest BCUT2D eigenvalue weighted by Crippen LogP contribution is -2.25. The van der Waals surface area contributed by atoms with E-state index in [0.29, 0.717) is 18.0 Å². The van der Waals surface area contributed by atoms with Crippen LogP contribution in [0.3, 0.4) is 0 Å². The van der Waals surface area contributed by atoms with Crippen LogP contribution in [-0.4, -0.2) is 29.2 Å². The average Bonchev–Trinajstić information content (AvgIpc) is 2.45. The van der Waals surface area contributed by atoms with Crippen LogP contribution in [0.1, 0.15) is 18.3 Å². The van der Waals surface area contributed by atoms with E-state index in [4.69, 9.17) is 11.6 Å². The Morgan fingerprint density at radius 1 is 1.62 bits per heavy atom. The first-order valence-electron chi connectivity index (χ1n) is 5.32. The van der Waals surface area contributed by atoms with E-state index in [2.05, 4.69) is 10.4 Å². The van der Waals surface area contributed by atoms with E-state index < -0.39 is 0 Å². The number of aromatic nitrogens is 2. The van der Waals surface area contributed by atoms with Gasteiger partial charge in [0.15, 0.2) is 0 Å². The zero-order valence-corrected chi connectivity index (χ0v) is 10.9. The highest BCUT2D eigenvalue weighted by Gasteiger charge is 2.18. The number of hydrogen-bond donors (Lipinski definition) is 1. The number of aryl methyl sites for hydroxylation is 2. The molecule has 16 heavy (non-hydrogen) atoms. The summed E-state index contributed by atoms with van der Waals surface area (Å²) in [6.07, 6.45) is 0.346. The fourth-order valence-electron chi connectivity index (χ4n) is 1.63. The molecular weight excluding hydrogens is 226 g/mol. The molecule has 0 aromatic carbocycles. The number of ketones is 1. The number of hydrogen-bond acceptors (Lipinski definition) is 3. The van der Waals surface area contributed by atoms with Gasteiger partial charge in [-0.2, -0.15) is 5.10 Å². The minimum atomic E-state index is -0.00345. The number of nitrogens with one attached hydrogen (secondary N) is 1. The standard InChI is InChI=1S/C11H18ClN3O/c1-7(6-13-3)10(16)5-9-11(12)8(2)14-15(9)4/h7,13H,5-6H2,1-4H3. The highest BCUT2D eigenvalue weighted by molar-refractivity contribution is 6.32. The Bertz CT molecular complexity index is 387. The molecule has 0 aliphatic carbocycles. The summed E-state index contributed by atoms with van der Waals surface area (Å²) in [6.45, 7) is 4.44. The largest absolute Gasteiger partial charge is 0.319 e. The third kappa shape index (κ3) is 2.83. The topological polar surface area (TPSA) is 46.9 Å². The number of Topliss-reactive ketones (excluding diaryl/α,β-unsaturated/α-hetero) is 1. The summed E-state index contributed by atoms with van der Waals surface area (Å²) in [5.41, 5.74) is 1.57. The molecule has 0 saturated carbocycles. The SMILES string of the molecule is CNCC(C)C(=O)Cc1c(Cl)c(C)nn1C. The molecule has 0 spiro atoms. The Labute approximate surface area is 101 Å². The summed E-state index contributed by atoms with van der Waals surface area (Å²) in [5, 5.41) is 7.78. The molecule has 1 heterocycles. The lowest BCUT2D eigenvalue weighted by Gasteiger charge is -2.09. The van der Waals surface area contributed by atoms with Crippen LogP contribution in [0.25, 0.3) is 0 Å². The normalized spacial score (nSPS) is 12.8. The van der Waals surface area contributed by atoms with Gasteiger partial charge in [0.05, 0.1) is 22.8 Å². The average molecular weight is 244 g/mol. The van der Waals surface area contributed by atoms with Crippen molar-refractivity contribution >= 4 is 17.4 Å². The van der Waals surface area contributed by atoms with Gasteiger partial charge in [0.25, 0.3) is 0 Å². The predicted octanol–water partition coefficient (Wildman–Crippen LogP) is 1.35. The molecule has 1 rings (SSSR count). The first-order valence-corrected chi connectivity index (χ1v) is 5.70. The van der Waals surface area contributed by atoms with Crippen molar-refractivity contribution in [1.82, 2.24) is 15.1 Å². The van der Waals surface area contributed by atoms with Crippen LogP contribution in [0.4, 0.5) is 0 Å². The minimum absolute atomic E-state index is 0.00345. The highest BCUT2D eigenvalue weighted by Crippen LogP contribution is 2.20. The van der Waals surface area contributed by atoms with Crippen LogP contribution in [0.5, 0.6) is 0 Å². The number of rotatable bonds is 5. The van der Waals surface area contributed by atoms with Crippen molar-refractivity contribution in [3.05, 3.63) is 16.4 Å². The maximum absolute atomic E-state index is 11.9.